The van der Waals surface area contributed by atoms with Crippen molar-refractivity contribution in [3.05, 3.63) is 53.1 Å². The van der Waals surface area contributed by atoms with Gasteiger partial charge in [0.2, 0.25) is 0 Å². The first-order valence-corrected chi connectivity index (χ1v) is 7.21. The zero-order valence-electron chi connectivity index (χ0n) is 12.5. The molecule has 0 aliphatic rings. The van der Waals surface area contributed by atoms with Gasteiger partial charge >= 0.3 is 0 Å². The second-order valence-corrected chi connectivity index (χ2v) is 5.24. The maximum atomic E-state index is 5.95. The van der Waals surface area contributed by atoms with E-state index in [2.05, 4.69) is 6.92 Å². The molecule has 2 N–H and O–H groups in total. The summed E-state index contributed by atoms with van der Waals surface area (Å²) in [5, 5.41) is 0. The molecule has 0 bridgehead atoms. The van der Waals surface area contributed by atoms with Crippen molar-refractivity contribution < 1.29 is 9.47 Å². The van der Waals surface area contributed by atoms with Crippen LogP contribution >= 0.6 is 12.2 Å². The lowest BCUT2D eigenvalue weighted by Gasteiger charge is -2.14. The Hall–Kier alpha value is -2.07. The van der Waals surface area contributed by atoms with Crippen LogP contribution < -0.4 is 15.2 Å². The van der Waals surface area contributed by atoms with E-state index < -0.39 is 0 Å². The van der Waals surface area contributed by atoms with Crippen LogP contribution in [-0.4, -0.2) is 12.1 Å². The van der Waals surface area contributed by atoms with E-state index >= 15 is 0 Å². The molecule has 2 rings (SSSR count). The molecule has 2 aromatic rings. The normalized spacial score (nSPS) is 10.2. The van der Waals surface area contributed by atoms with E-state index in [4.69, 9.17) is 27.4 Å². The van der Waals surface area contributed by atoms with E-state index in [-0.39, 0.29) is 0 Å². The fraction of sp³-hybridized carbons (Fsp3) is 0.235. The topological polar surface area (TPSA) is 44.5 Å². The van der Waals surface area contributed by atoms with Gasteiger partial charge in [0, 0.05) is 0 Å². The summed E-state index contributed by atoms with van der Waals surface area (Å²) in [6.45, 7) is 4.09. The minimum atomic E-state index is 0.317. The second kappa shape index (κ2) is 6.59. The second-order valence-electron chi connectivity index (χ2n) is 4.80. The molecule has 0 unspecified atom stereocenters. The van der Waals surface area contributed by atoms with Gasteiger partial charge in [-0.15, -0.1) is 0 Å². The zero-order valence-corrected chi connectivity index (χ0v) is 13.3. The van der Waals surface area contributed by atoms with Gasteiger partial charge in [0.15, 0.2) is 11.5 Å². The Morgan fingerprint density at radius 1 is 1.10 bits per heavy atom. The van der Waals surface area contributed by atoms with E-state index in [0.717, 1.165) is 17.5 Å². The van der Waals surface area contributed by atoms with Crippen LogP contribution in [-0.2, 0) is 6.42 Å². The molecule has 21 heavy (non-hydrogen) atoms. The first-order chi connectivity index (χ1) is 10.0. The summed E-state index contributed by atoms with van der Waals surface area (Å²) in [6.07, 6.45) is 0.944. The van der Waals surface area contributed by atoms with Gasteiger partial charge in [-0.2, -0.15) is 0 Å². The largest absolute Gasteiger partial charge is 0.493 e. The van der Waals surface area contributed by atoms with Crippen LogP contribution in [0.2, 0.25) is 0 Å². The number of hydrogen-bond donors (Lipinski definition) is 1. The Kier molecular flexibility index (Phi) is 4.81. The van der Waals surface area contributed by atoms with Gasteiger partial charge in [0.1, 0.15) is 10.7 Å². The first kappa shape index (κ1) is 15.3. The summed E-state index contributed by atoms with van der Waals surface area (Å²) in [4.78, 5) is 0.317. The third kappa shape index (κ3) is 3.52. The summed E-state index contributed by atoms with van der Waals surface area (Å²) in [7, 11) is 1.63. The Morgan fingerprint density at radius 2 is 1.81 bits per heavy atom. The van der Waals surface area contributed by atoms with E-state index in [1.807, 2.05) is 43.3 Å². The highest BCUT2D eigenvalue weighted by atomic mass is 32.1. The molecule has 0 amide bonds. The van der Waals surface area contributed by atoms with Crippen LogP contribution in [0.3, 0.4) is 0 Å². The number of methoxy groups -OCH3 is 1. The Labute approximate surface area is 130 Å². The van der Waals surface area contributed by atoms with Gasteiger partial charge in [-0.05, 0) is 43.2 Å². The summed E-state index contributed by atoms with van der Waals surface area (Å²) in [5.41, 5.74) is 8.78. The Morgan fingerprint density at radius 3 is 2.43 bits per heavy atom. The smallest absolute Gasteiger partial charge is 0.169 e. The van der Waals surface area contributed by atoms with Crippen LogP contribution in [0.4, 0.5) is 0 Å². The highest BCUT2D eigenvalue weighted by Crippen LogP contribution is 2.34. The third-order valence-corrected chi connectivity index (χ3v) is 3.48. The molecule has 0 aromatic heterocycles. The highest BCUT2D eigenvalue weighted by molar-refractivity contribution is 7.80. The molecule has 0 spiro atoms. The summed E-state index contributed by atoms with van der Waals surface area (Å²) in [6, 6.07) is 11.7. The lowest BCUT2D eigenvalue weighted by molar-refractivity contribution is 0.378. The van der Waals surface area contributed by atoms with E-state index in [9.17, 15) is 0 Å². The van der Waals surface area contributed by atoms with Crippen LogP contribution in [0.1, 0.15) is 23.6 Å². The average molecular weight is 301 g/mol. The SMILES string of the molecule is CCc1ccc(Oc2ccc(C)cc2C(N)=S)c(OC)c1. The van der Waals surface area contributed by atoms with E-state index in [0.29, 0.717) is 22.2 Å². The van der Waals surface area contributed by atoms with Gasteiger partial charge in [0.05, 0.1) is 12.7 Å². The molecular formula is C17H19NO2S. The number of benzene rings is 2. The number of rotatable bonds is 5. The number of hydrogen-bond acceptors (Lipinski definition) is 3. The molecule has 4 heteroatoms. The number of thiocarbonyl (C=S) groups is 1. The maximum Gasteiger partial charge on any atom is 0.169 e. The molecule has 0 atom stereocenters. The van der Waals surface area contributed by atoms with Crippen molar-refractivity contribution >= 4 is 17.2 Å². The quantitative estimate of drug-likeness (QED) is 0.848. The highest BCUT2D eigenvalue weighted by Gasteiger charge is 2.11. The molecule has 110 valence electrons. The van der Waals surface area contributed by atoms with Gasteiger partial charge in [-0.3, -0.25) is 0 Å². The van der Waals surface area contributed by atoms with Crippen LogP contribution in [0.15, 0.2) is 36.4 Å². The lowest BCUT2D eigenvalue weighted by atomic mass is 10.1. The third-order valence-electron chi connectivity index (χ3n) is 3.26. The molecule has 0 aliphatic heterocycles. The molecule has 0 fully saturated rings. The van der Waals surface area contributed by atoms with Crippen molar-refractivity contribution in [2.24, 2.45) is 5.73 Å². The molecule has 2 aromatic carbocycles. The monoisotopic (exact) mass is 301 g/mol. The Bertz CT molecular complexity index is 668. The molecular weight excluding hydrogens is 282 g/mol. The number of aryl methyl sites for hydroxylation is 2. The fourth-order valence-electron chi connectivity index (χ4n) is 2.06. The van der Waals surface area contributed by atoms with E-state index in [1.165, 1.54) is 5.56 Å². The summed E-state index contributed by atoms with van der Waals surface area (Å²) >= 11 is 5.09. The van der Waals surface area contributed by atoms with Crippen LogP contribution in [0, 0.1) is 6.92 Å². The molecule has 0 saturated carbocycles. The van der Waals surface area contributed by atoms with Crippen LogP contribution in [0.5, 0.6) is 17.2 Å². The van der Waals surface area contributed by atoms with Crippen molar-refractivity contribution in [2.45, 2.75) is 20.3 Å². The van der Waals surface area contributed by atoms with Crippen molar-refractivity contribution in [2.75, 3.05) is 7.11 Å². The minimum Gasteiger partial charge on any atom is -0.493 e. The first-order valence-electron chi connectivity index (χ1n) is 6.80. The zero-order chi connectivity index (χ0) is 15.4. The van der Waals surface area contributed by atoms with Crippen LogP contribution in [0.25, 0.3) is 0 Å². The average Bonchev–Trinajstić information content (AvgIpc) is 2.49. The van der Waals surface area contributed by atoms with E-state index in [1.54, 1.807) is 7.11 Å². The molecule has 0 radical (unpaired) electrons. The van der Waals surface area contributed by atoms with Crippen molar-refractivity contribution in [3.8, 4) is 17.2 Å². The van der Waals surface area contributed by atoms with Gasteiger partial charge in [-0.25, -0.2) is 0 Å². The lowest BCUT2D eigenvalue weighted by Crippen LogP contribution is -2.11. The van der Waals surface area contributed by atoms with Crippen molar-refractivity contribution in [3.63, 3.8) is 0 Å². The summed E-state index contributed by atoms with van der Waals surface area (Å²) < 4.78 is 11.3. The van der Waals surface area contributed by atoms with Gasteiger partial charge in [0.25, 0.3) is 0 Å². The Balaban J connectivity index is 2.40. The number of nitrogens with two attached hydrogens (primary N) is 1. The standard InChI is InChI=1S/C17H19NO2S/c1-4-12-6-8-15(16(10-12)19-3)20-14-7-5-11(2)9-13(14)17(18)21/h5-10H,4H2,1-3H3,(H2,18,21). The molecule has 0 aliphatic carbocycles. The molecule has 3 nitrogen and oxygen atoms in total. The van der Waals surface area contributed by atoms with Crippen molar-refractivity contribution in [1.29, 1.82) is 0 Å². The van der Waals surface area contributed by atoms with Gasteiger partial charge in [-0.1, -0.05) is 36.8 Å². The van der Waals surface area contributed by atoms with Crippen molar-refractivity contribution in [1.82, 2.24) is 0 Å². The maximum absolute atomic E-state index is 5.95. The molecule has 0 saturated heterocycles. The van der Waals surface area contributed by atoms with Gasteiger partial charge < -0.3 is 15.2 Å². The predicted molar refractivity (Wildman–Crippen MR) is 89.5 cm³/mol. The number of ether oxygens (including phenoxy) is 2. The fourth-order valence-corrected chi connectivity index (χ4v) is 2.22. The predicted octanol–water partition coefficient (Wildman–Crippen LogP) is 3.99. The minimum absolute atomic E-state index is 0.317. The summed E-state index contributed by atoms with van der Waals surface area (Å²) in [5.74, 6) is 1.98. The molecule has 0 heterocycles.